The van der Waals surface area contributed by atoms with Gasteiger partial charge in [0.25, 0.3) is 0 Å². The van der Waals surface area contributed by atoms with Gasteiger partial charge >= 0.3 is 5.97 Å². The Hall–Kier alpha value is -2.35. The van der Waals surface area contributed by atoms with Gasteiger partial charge in [-0.05, 0) is 12.1 Å². The second kappa shape index (κ2) is 7.60. The van der Waals surface area contributed by atoms with Crippen LogP contribution >= 0.6 is 11.8 Å². The summed E-state index contributed by atoms with van der Waals surface area (Å²) < 4.78 is 1.20. The molecule has 116 valence electrons. The average molecular weight is 320 g/mol. The Morgan fingerprint density at radius 1 is 1.36 bits per heavy atom. The molecule has 8 heteroatoms. The molecule has 0 saturated carbocycles. The van der Waals surface area contributed by atoms with Crippen LogP contribution in [0.3, 0.4) is 0 Å². The summed E-state index contributed by atoms with van der Waals surface area (Å²) in [6.07, 6.45) is 1.23. The van der Waals surface area contributed by atoms with E-state index in [9.17, 15) is 9.59 Å². The maximum Gasteiger partial charge on any atom is 0.358 e. The third-order valence-electron chi connectivity index (χ3n) is 2.73. The number of rotatable bonds is 7. The lowest BCUT2D eigenvalue weighted by molar-refractivity contribution is -0.121. The maximum absolute atomic E-state index is 11.8. The van der Waals surface area contributed by atoms with Crippen molar-refractivity contribution >= 4 is 23.6 Å². The fourth-order valence-electron chi connectivity index (χ4n) is 1.71. The number of carbonyl (C=O) groups is 2. The molecule has 1 aromatic carbocycles. The van der Waals surface area contributed by atoms with Crippen LogP contribution < -0.4 is 5.32 Å². The van der Waals surface area contributed by atoms with Gasteiger partial charge in [0.05, 0.1) is 6.20 Å². The highest BCUT2D eigenvalue weighted by Crippen LogP contribution is 2.21. The molecule has 1 amide bonds. The lowest BCUT2D eigenvalue weighted by Gasteiger charge is -2.12. The molecular formula is C14H16N4O3S. The van der Waals surface area contributed by atoms with E-state index in [2.05, 4.69) is 15.6 Å². The van der Waals surface area contributed by atoms with Crippen molar-refractivity contribution in [3.8, 4) is 0 Å². The van der Waals surface area contributed by atoms with Crippen molar-refractivity contribution in [1.29, 1.82) is 0 Å². The quantitative estimate of drug-likeness (QED) is 0.746. The van der Waals surface area contributed by atoms with Gasteiger partial charge in [-0.25, -0.2) is 9.48 Å². The van der Waals surface area contributed by atoms with Gasteiger partial charge in [0.15, 0.2) is 5.69 Å². The molecule has 0 bridgehead atoms. The lowest BCUT2D eigenvalue weighted by atomic mass is 10.4. The minimum absolute atomic E-state index is 0.0526. The highest BCUT2D eigenvalue weighted by atomic mass is 32.2. The molecular weight excluding hydrogens is 304 g/mol. The number of aromatic nitrogens is 3. The predicted octanol–water partition coefficient (Wildman–Crippen LogP) is 1.27. The molecule has 0 fully saturated rings. The second-order valence-corrected chi connectivity index (χ2v) is 6.16. The molecule has 0 aliphatic rings. The number of benzene rings is 1. The van der Waals surface area contributed by atoms with E-state index in [1.807, 2.05) is 37.3 Å². The standard InChI is InChI=1S/C14H16N4O3S/c1-10(22-11-5-3-2-4-6-11)7-15-13(19)9-18-8-12(14(20)21)16-17-18/h2-6,8,10H,7,9H2,1H3,(H,15,19)(H,20,21). The largest absolute Gasteiger partial charge is 0.476 e. The van der Waals surface area contributed by atoms with E-state index in [1.54, 1.807) is 11.8 Å². The molecule has 0 aliphatic heterocycles. The zero-order chi connectivity index (χ0) is 15.9. The Balaban J connectivity index is 1.76. The SMILES string of the molecule is CC(CNC(=O)Cn1cc(C(=O)O)nn1)Sc1ccccc1. The topological polar surface area (TPSA) is 97.1 Å². The first-order valence-corrected chi connectivity index (χ1v) is 7.54. The summed E-state index contributed by atoms with van der Waals surface area (Å²) in [6, 6.07) is 9.94. The van der Waals surface area contributed by atoms with E-state index >= 15 is 0 Å². The summed E-state index contributed by atoms with van der Waals surface area (Å²) in [5.74, 6) is -1.40. The summed E-state index contributed by atoms with van der Waals surface area (Å²) >= 11 is 1.67. The summed E-state index contributed by atoms with van der Waals surface area (Å²) in [4.78, 5) is 23.6. The van der Waals surface area contributed by atoms with Crippen molar-refractivity contribution in [3.63, 3.8) is 0 Å². The van der Waals surface area contributed by atoms with Crippen molar-refractivity contribution < 1.29 is 14.7 Å². The molecule has 0 saturated heterocycles. The number of thioether (sulfide) groups is 1. The average Bonchev–Trinajstić information content (AvgIpc) is 2.95. The Morgan fingerprint density at radius 2 is 2.09 bits per heavy atom. The van der Waals surface area contributed by atoms with E-state index in [0.29, 0.717) is 6.54 Å². The summed E-state index contributed by atoms with van der Waals surface area (Å²) in [6.45, 7) is 2.48. The summed E-state index contributed by atoms with van der Waals surface area (Å²) in [7, 11) is 0. The number of nitrogens with zero attached hydrogens (tertiary/aromatic N) is 3. The summed E-state index contributed by atoms with van der Waals surface area (Å²) in [5.41, 5.74) is -0.180. The Kier molecular flexibility index (Phi) is 5.54. The van der Waals surface area contributed by atoms with Crippen molar-refractivity contribution in [2.24, 2.45) is 0 Å². The molecule has 2 rings (SSSR count). The molecule has 2 aromatic rings. The summed E-state index contributed by atoms with van der Waals surface area (Å²) in [5, 5.41) is 18.8. The number of hydrogen-bond donors (Lipinski definition) is 2. The number of amides is 1. The molecule has 1 aromatic heterocycles. The highest BCUT2D eigenvalue weighted by Gasteiger charge is 2.11. The molecule has 0 radical (unpaired) electrons. The number of hydrogen-bond acceptors (Lipinski definition) is 5. The van der Waals surface area contributed by atoms with Crippen LogP contribution in [0, 0.1) is 0 Å². The highest BCUT2D eigenvalue weighted by molar-refractivity contribution is 8.00. The third-order valence-corrected chi connectivity index (χ3v) is 3.84. The van der Waals surface area contributed by atoms with Gasteiger partial charge < -0.3 is 10.4 Å². The Bertz CT molecular complexity index is 645. The zero-order valence-corrected chi connectivity index (χ0v) is 12.8. The normalized spacial score (nSPS) is 11.9. The molecule has 7 nitrogen and oxygen atoms in total. The van der Waals surface area contributed by atoms with E-state index in [0.717, 1.165) is 4.90 Å². The smallest absolute Gasteiger partial charge is 0.358 e. The number of aromatic carboxylic acids is 1. The van der Waals surface area contributed by atoms with Crippen molar-refractivity contribution in [2.45, 2.75) is 23.6 Å². The molecule has 0 aliphatic carbocycles. The molecule has 1 atom stereocenters. The molecule has 2 N–H and O–H groups in total. The Labute approximate surface area is 131 Å². The monoisotopic (exact) mass is 320 g/mol. The maximum atomic E-state index is 11.8. The number of carboxylic acid groups (broad SMARTS) is 1. The minimum atomic E-state index is -1.17. The molecule has 0 spiro atoms. The van der Waals surface area contributed by atoms with Crippen LogP contribution in [0.4, 0.5) is 0 Å². The van der Waals surface area contributed by atoms with E-state index in [1.165, 1.54) is 10.9 Å². The minimum Gasteiger partial charge on any atom is -0.476 e. The predicted molar refractivity (Wildman–Crippen MR) is 81.8 cm³/mol. The van der Waals surface area contributed by atoms with Crippen molar-refractivity contribution in [3.05, 3.63) is 42.2 Å². The molecule has 1 unspecified atom stereocenters. The molecule has 1 heterocycles. The van der Waals surface area contributed by atoms with E-state index in [-0.39, 0.29) is 23.4 Å². The van der Waals surface area contributed by atoms with Gasteiger partial charge in [-0.15, -0.1) is 16.9 Å². The number of carboxylic acids is 1. The van der Waals surface area contributed by atoms with Gasteiger partial charge in [-0.3, -0.25) is 4.79 Å². The molecule has 22 heavy (non-hydrogen) atoms. The fraction of sp³-hybridized carbons (Fsp3) is 0.286. The first-order chi connectivity index (χ1) is 10.5. The first kappa shape index (κ1) is 16.0. The Morgan fingerprint density at radius 3 is 2.73 bits per heavy atom. The van der Waals surface area contributed by atoms with Gasteiger partial charge in [0.2, 0.25) is 5.91 Å². The van der Waals surface area contributed by atoms with E-state index < -0.39 is 5.97 Å². The fourth-order valence-corrected chi connectivity index (χ4v) is 2.65. The van der Waals surface area contributed by atoms with Gasteiger partial charge in [0.1, 0.15) is 6.54 Å². The van der Waals surface area contributed by atoms with Crippen LogP contribution in [0.1, 0.15) is 17.4 Å². The van der Waals surface area contributed by atoms with Gasteiger partial charge in [-0.1, -0.05) is 30.3 Å². The first-order valence-electron chi connectivity index (χ1n) is 6.66. The van der Waals surface area contributed by atoms with Crippen LogP contribution in [0.2, 0.25) is 0 Å². The van der Waals surface area contributed by atoms with E-state index in [4.69, 9.17) is 5.11 Å². The van der Waals surface area contributed by atoms with Crippen LogP contribution in [-0.4, -0.2) is 43.8 Å². The van der Waals surface area contributed by atoms with Crippen LogP contribution in [0.25, 0.3) is 0 Å². The van der Waals surface area contributed by atoms with Crippen LogP contribution in [0.15, 0.2) is 41.4 Å². The number of carbonyl (C=O) groups excluding carboxylic acids is 1. The second-order valence-electron chi connectivity index (χ2n) is 4.65. The van der Waals surface area contributed by atoms with Gasteiger partial charge in [-0.2, -0.15) is 0 Å². The lowest BCUT2D eigenvalue weighted by Crippen LogP contribution is -2.32. The number of nitrogens with one attached hydrogen (secondary N) is 1. The third kappa shape index (κ3) is 4.88. The van der Waals surface area contributed by atoms with Gasteiger partial charge in [0, 0.05) is 16.7 Å². The zero-order valence-electron chi connectivity index (χ0n) is 12.0. The van der Waals surface area contributed by atoms with Crippen molar-refractivity contribution in [1.82, 2.24) is 20.3 Å². The van der Waals surface area contributed by atoms with Crippen molar-refractivity contribution in [2.75, 3.05) is 6.54 Å². The van der Waals surface area contributed by atoms with Crippen LogP contribution in [0.5, 0.6) is 0 Å². The van der Waals surface area contributed by atoms with Crippen LogP contribution in [-0.2, 0) is 11.3 Å².